The van der Waals surface area contributed by atoms with Crippen molar-refractivity contribution in [1.82, 2.24) is 10.6 Å². The van der Waals surface area contributed by atoms with E-state index in [1.54, 1.807) is 0 Å². The highest BCUT2D eigenvalue weighted by Gasteiger charge is 2.02. The maximum atomic E-state index is 3.19. The third-order valence-electron chi connectivity index (χ3n) is 1.69. The van der Waals surface area contributed by atoms with Gasteiger partial charge in [0.15, 0.2) is 0 Å². The van der Waals surface area contributed by atoms with E-state index >= 15 is 0 Å². The lowest BCUT2D eigenvalue weighted by molar-refractivity contribution is 0.469. The van der Waals surface area contributed by atoms with Gasteiger partial charge in [-0.25, -0.2) is 0 Å². The Morgan fingerprint density at radius 3 is 1.56 bits per heavy atom. The van der Waals surface area contributed by atoms with Gasteiger partial charge in [-0.3, -0.25) is 0 Å². The molecular weight excluding hydrogens is 112 g/mol. The minimum Gasteiger partial charge on any atom is -0.317 e. The summed E-state index contributed by atoms with van der Waals surface area (Å²) >= 11 is 0. The zero-order valence-electron chi connectivity index (χ0n) is 6.86. The second kappa shape index (κ2) is 4.77. The average molecular weight is 130 g/mol. The molecule has 2 heteroatoms. The van der Waals surface area contributed by atoms with E-state index in [2.05, 4.69) is 24.5 Å². The fourth-order valence-electron chi connectivity index (χ4n) is 0.766. The lowest BCUT2D eigenvalue weighted by Crippen LogP contribution is -2.31. The molecule has 0 aromatic heterocycles. The van der Waals surface area contributed by atoms with Crippen molar-refractivity contribution in [1.29, 1.82) is 0 Å². The molecule has 0 bridgehead atoms. The molecule has 2 nitrogen and oxygen atoms in total. The van der Waals surface area contributed by atoms with E-state index in [1.165, 1.54) is 6.42 Å². The Bertz CT molecular complexity index is 55.9. The Morgan fingerprint density at radius 2 is 1.33 bits per heavy atom. The molecule has 2 N–H and O–H groups in total. The minimum absolute atomic E-state index is 0.618. The molecule has 0 aromatic rings. The molecule has 0 amide bonds. The predicted octanol–water partition coefficient (Wildman–Crippen LogP) is 0.592. The third kappa shape index (κ3) is 4.43. The third-order valence-corrected chi connectivity index (χ3v) is 1.69. The topological polar surface area (TPSA) is 24.1 Å². The summed E-state index contributed by atoms with van der Waals surface area (Å²) in [6.45, 7) is 4.38. The Balaban J connectivity index is 3.22. The van der Waals surface area contributed by atoms with E-state index in [-0.39, 0.29) is 0 Å². The SMILES string of the molecule is CNC(C)C[C@@H](C)NC. The van der Waals surface area contributed by atoms with Gasteiger partial charge in [-0.1, -0.05) is 0 Å². The number of rotatable bonds is 4. The Labute approximate surface area is 58.0 Å². The second-order valence-electron chi connectivity index (χ2n) is 2.62. The van der Waals surface area contributed by atoms with E-state index in [9.17, 15) is 0 Å². The van der Waals surface area contributed by atoms with Crippen LogP contribution in [0.5, 0.6) is 0 Å². The van der Waals surface area contributed by atoms with Crippen LogP contribution in [0.25, 0.3) is 0 Å². The highest BCUT2D eigenvalue weighted by Crippen LogP contribution is 1.94. The summed E-state index contributed by atoms with van der Waals surface area (Å²) in [4.78, 5) is 0. The van der Waals surface area contributed by atoms with Crippen molar-refractivity contribution in [2.75, 3.05) is 14.1 Å². The average Bonchev–Trinajstić information content (AvgIpc) is 1.87. The first-order chi connectivity index (χ1) is 4.20. The molecule has 0 heterocycles. The Kier molecular flexibility index (Phi) is 4.72. The first-order valence-electron chi connectivity index (χ1n) is 3.55. The van der Waals surface area contributed by atoms with E-state index in [1.807, 2.05) is 14.1 Å². The van der Waals surface area contributed by atoms with E-state index in [0.29, 0.717) is 12.1 Å². The largest absolute Gasteiger partial charge is 0.317 e. The van der Waals surface area contributed by atoms with Crippen molar-refractivity contribution < 1.29 is 0 Å². The molecule has 0 aromatic carbocycles. The van der Waals surface area contributed by atoms with Crippen molar-refractivity contribution in [3.05, 3.63) is 0 Å². The lowest BCUT2D eigenvalue weighted by atomic mass is 10.1. The minimum atomic E-state index is 0.618. The summed E-state index contributed by atoms with van der Waals surface area (Å²) in [7, 11) is 3.99. The van der Waals surface area contributed by atoms with Gasteiger partial charge in [-0.05, 0) is 34.4 Å². The van der Waals surface area contributed by atoms with Gasteiger partial charge < -0.3 is 10.6 Å². The molecule has 0 saturated carbocycles. The summed E-state index contributed by atoms with van der Waals surface area (Å²) in [6.07, 6.45) is 1.19. The van der Waals surface area contributed by atoms with Crippen LogP contribution < -0.4 is 10.6 Å². The molecule has 0 spiro atoms. The summed E-state index contributed by atoms with van der Waals surface area (Å²) in [5, 5.41) is 6.38. The van der Waals surface area contributed by atoms with Crippen LogP contribution in [0.15, 0.2) is 0 Å². The number of hydrogen-bond acceptors (Lipinski definition) is 2. The monoisotopic (exact) mass is 130 g/mol. The van der Waals surface area contributed by atoms with Gasteiger partial charge in [-0.2, -0.15) is 0 Å². The fourth-order valence-corrected chi connectivity index (χ4v) is 0.766. The van der Waals surface area contributed by atoms with Gasteiger partial charge >= 0.3 is 0 Å². The van der Waals surface area contributed by atoms with E-state index in [0.717, 1.165) is 0 Å². The van der Waals surface area contributed by atoms with Crippen LogP contribution in [0.1, 0.15) is 20.3 Å². The molecule has 9 heavy (non-hydrogen) atoms. The van der Waals surface area contributed by atoms with Crippen molar-refractivity contribution >= 4 is 0 Å². The fraction of sp³-hybridized carbons (Fsp3) is 1.00. The normalized spacial score (nSPS) is 17.3. The summed E-state index contributed by atoms with van der Waals surface area (Å²) < 4.78 is 0. The van der Waals surface area contributed by atoms with Crippen molar-refractivity contribution in [3.63, 3.8) is 0 Å². The molecule has 0 radical (unpaired) electrons. The van der Waals surface area contributed by atoms with Gasteiger partial charge in [0.1, 0.15) is 0 Å². The Hall–Kier alpha value is -0.0800. The van der Waals surface area contributed by atoms with E-state index < -0.39 is 0 Å². The highest BCUT2D eigenvalue weighted by molar-refractivity contribution is 4.65. The number of hydrogen-bond donors (Lipinski definition) is 2. The molecule has 2 atom stereocenters. The molecule has 0 aliphatic rings. The predicted molar refractivity (Wildman–Crippen MR) is 41.7 cm³/mol. The molecule has 0 rings (SSSR count). The second-order valence-corrected chi connectivity index (χ2v) is 2.62. The molecule has 0 aliphatic heterocycles. The first kappa shape index (κ1) is 8.92. The van der Waals surface area contributed by atoms with Crippen molar-refractivity contribution in [2.45, 2.75) is 32.4 Å². The summed E-state index contributed by atoms with van der Waals surface area (Å²) in [5.41, 5.74) is 0. The first-order valence-corrected chi connectivity index (χ1v) is 3.55. The van der Waals surface area contributed by atoms with Gasteiger partial charge in [-0.15, -0.1) is 0 Å². The maximum Gasteiger partial charge on any atom is 0.00504 e. The molecule has 0 aliphatic carbocycles. The maximum absolute atomic E-state index is 3.19. The van der Waals surface area contributed by atoms with Crippen LogP contribution in [0, 0.1) is 0 Å². The van der Waals surface area contributed by atoms with Crippen LogP contribution in [-0.4, -0.2) is 26.2 Å². The zero-order chi connectivity index (χ0) is 7.28. The number of nitrogens with one attached hydrogen (secondary N) is 2. The van der Waals surface area contributed by atoms with Crippen molar-refractivity contribution in [2.24, 2.45) is 0 Å². The van der Waals surface area contributed by atoms with Gasteiger partial charge in [0.2, 0.25) is 0 Å². The van der Waals surface area contributed by atoms with Gasteiger partial charge in [0.25, 0.3) is 0 Å². The quantitative estimate of drug-likeness (QED) is 0.582. The van der Waals surface area contributed by atoms with Crippen LogP contribution in [0.3, 0.4) is 0 Å². The van der Waals surface area contributed by atoms with Crippen LogP contribution in [-0.2, 0) is 0 Å². The smallest absolute Gasteiger partial charge is 0.00504 e. The van der Waals surface area contributed by atoms with Gasteiger partial charge in [0, 0.05) is 12.1 Å². The van der Waals surface area contributed by atoms with Crippen LogP contribution in [0.4, 0.5) is 0 Å². The zero-order valence-corrected chi connectivity index (χ0v) is 6.86. The van der Waals surface area contributed by atoms with Crippen LogP contribution in [0.2, 0.25) is 0 Å². The molecule has 1 unspecified atom stereocenters. The standard InChI is InChI=1S/C7H18N2/c1-6(8-3)5-7(2)9-4/h6-9H,5H2,1-4H3/t6-,7?/m1/s1. The molecule has 0 fully saturated rings. The molecule has 56 valence electrons. The molecular formula is C7H18N2. The van der Waals surface area contributed by atoms with Crippen molar-refractivity contribution in [3.8, 4) is 0 Å². The summed E-state index contributed by atoms with van der Waals surface area (Å²) in [6, 6.07) is 1.24. The van der Waals surface area contributed by atoms with Gasteiger partial charge in [0.05, 0.1) is 0 Å². The summed E-state index contributed by atoms with van der Waals surface area (Å²) in [5.74, 6) is 0. The highest BCUT2D eigenvalue weighted by atomic mass is 14.9. The van der Waals surface area contributed by atoms with E-state index in [4.69, 9.17) is 0 Å². The molecule has 0 saturated heterocycles. The Morgan fingerprint density at radius 1 is 1.00 bits per heavy atom. The lowest BCUT2D eigenvalue weighted by Gasteiger charge is -2.15. The van der Waals surface area contributed by atoms with Crippen LogP contribution >= 0.6 is 0 Å².